The van der Waals surface area contributed by atoms with E-state index in [1.807, 2.05) is 0 Å². The smallest absolute Gasteiger partial charge is 0.457 e. The molecule has 4 aromatic heterocycles. The average Bonchev–Trinajstić information content (AvgIpc) is 3.96. The monoisotopic (exact) mass is 1140 g/mol. The Morgan fingerprint density at radius 2 is 1.07 bits per heavy atom. The Bertz CT molecular complexity index is 2960. The van der Waals surface area contributed by atoms with Crippen LogP contribution in [0.3, 0.4) is 0 Å². The molecule has 12 atom stereocenters. The number of anilines is 2. The Balaban J connectivity index is 0.000000264. The fourth-order valence-electron chi connectivity index (χ4n) is 7.13. The highest BCUT2D eigenvalue weighted by atomic mass is 31.3. The summed E-state index contributed by atoms with van der Waals surface area (Å²) in [5.74, 6) is -2.79. The van der Waals surface area contributed by atoms with Crippen molar-refractivity contribution in [1.29, 1.82) is 0 Å². The summed E-state index contributed by atoms with van der Waals surface area (Å²) in [5.41, 5.74) is 11.2. The molecule has 0 aromatic carbocycles. The number of aromatic amines is 1. The molecule has 2 aliphatic heterocycles. The third-order valence-corrected chi connectivity index (χ3v) is 17.2. The van der Waals surface area contributed by atoms with Gasteiger partial charge in [-0.3, -0.25) is 37.5 Å². The zero-order valence-corrected chi connectivity index (χ0v) is 41.8. The third kappa shape index (κ3) is 15.6. The van der Waals surface area contributed by atoms with Crippen LogP contribution in [0.5, 0.6) is 0 Å². The largest absolute Gasteiger partial charge is 0.490 e. The summed E-state index contributed by atoms with van der Waals surface area (Å²) in [6.07, 6.45) is -2.02. The molecule has 2 aliphatic rings. The van der Waals surface area contributed by atoms with Crippen LogP contribution < -0.4 is 17.0 Å². The highest BCUT2D eigenvalue weighted by Crippen LogP contribution is 2.67. The number of rotatable bonds is 20. The minimum atomic E-state index is -5.72. The van der Waals surface area contributed by atoms with Crippen molar-refractivity contribution < 1.29 is 121 Å². The number of phosphoric acid groups is 6. The van der Waals surface area contributed by atoms with Gasteiger partial charge in [-0.05, 0) is 12.8 Å². The van der Waals surface area contributed by atoms with Gasteiger partial charge in [0.25, 0.3) is 5.56 Å². The van der Waals surface area contributed by atoms with Crippen molar-refractivity contribution in [3.8, 4) is 0 Å². The Kier molecular flexibility index (Phi) is 18.3. The maximum Gasteiger partial charge on any atom is 0.490 e. The molecular weight excluding hydrogens is 1090 g/mol. The van der Waals surface area contributed by atoms with Crippen molar-refractivity contribution in [1.82, 2.24) is 39.0 Å². The number of nitrogen functional groups attached to an aromatic ring is 2. The van der Waals surface area contributed by atoms with Crippen molar-refractivity contribution in [3.05, 3.63) is 29.3 Å². The second-order valence-electron chi connectivity index (χ2n) is 14.6. The van der Waals surface area contributed by atoms with Crippen LogP contribution in [0.15, 0.2) is 23.8 Å². The average molecular weight is 1140 g/mol. The SMILES string of the molecule is CC[C@H]1[C@@H](OC(C)=O)[C@H](n2cnc3c(=O)[nH]c(N)nc32)O[C@@H]1COP(=O)(O)OP(=O)(O)OP(=O)(O)O.CC[C@H]1[C@@H](OC(C)=O)[C@H](n2cnc3c(N)ncnc32)O[C@@H]1COP(=O)(O)OP(=O)(O)OP(=O)(O)O. The van der Waals surface area contributed by atoms with Crippen molar-refractivity contribution in [2.24, 2.45) is 11.8 Å². The molecular formula is C28H44N10O27P6. The molecule has 4 aromatic rings. The number of carbonyl (C=O) groups excluding carboxylic acids is 2. The molecule has 71 heavy (non-hydrogen) atoms. The molecule has 6 rings (SSSR count). The Morgan fingerprint density at radius 1 is 0.648 bits per heavy atom. The molecule has 398 valence electrons. The van der Waals surface area contributed by atoms with E-state index in [-0.39, 0.29) is 40.5 Å². The van der Waals surface area contributed by atoms with Crippen molar-refractivity contribution in [2.45, 2.75) is 77.4 Å². The van der Waals surface area contributed by atoms with Crippen LogP contribution in [-0.4, -0.2) is 128 Å². The minimum Gasteiger partial charge on any atom is -0.457 e. The second-order valence-corrected chi connectivity index (χ2v) is 23.4. The van der Waals surface area contributed by atoms with Gasteiger partial charge < -0.3 is 69.6 Å². The first kappa shape index (κ1) is 58.1. The lowest BCUT2D eigenvalue weighted by atomic mass is 9.95. The van der Waals surface area contributed by atoms with Crippen molar-refractivity contribution >= 4 is 93.0 Å². The summed E-state index contributed by atoms with van der Waals surface area (Å²) >= 11 is 0. The predicted molar refractivity (Wildman–Crippen MR) is 228 cm³/mol. The summed E-state index contributed by atoms with van der Waals surface area (Å²) in [7, 11) is -33.3. The first-order valence-electron chi connectivity index (χ1n) is 19.5. The van der Waals surface area contributed by atoms with Gasteiger partial charge in [0.2, 0.25) is 5.95 Å². The minimum absolute atomic E-state index is 0.0122. The number of phosphoric ester groups is 2. The number of fused-ring (bicyclic) bond motifs is 2. The van der Waals surface area contributed by atoms with Crippen LogP contribution in [0, 0.1) is 11.8 Å². The molecule has 37 nitrogen and oxygen atoms in total. The molecule has 0 spiro atoms. The molecule has 0 bridgehead atoms. The maximum atomic E-state index is 12.1. The number of aromatic nitrogens is 8. The highest BCUT2D eigenvalue weighted by molar-refractivity contribution is 7.67. The second kappa shape index (κ2) is 22.3. The quantitative estimate of drug-likeness (QED) is 0.0424. The molecule has 4 unspecified atom stereocenters. The van der Waals surface area contributed by atoms with E-state index < -0.39 is 126 Å². The molecule has 0 radical (unpaired) electrons. The number of nitrogens with one attached hydrogen (secondary N) is 1. The molecule has 0 amide bonds. The zero-order chi connectivity index (χ0) is 53.2. The Morgan fingerprint density at radius 3 is 1.48 bits per heavy atom. The maximum absolute atomic E-state index is 12.1. The van der Waals surface area contributed by atoms with E-state index in [1.165, 1.54) is 35.0 Å². The standard InChI is InChI=1S/C14H22N5O14P3.C14H22N5O13P3/c1-3-7-8(4-29-35(25,26)33-36(27,28)32-34(22,23)24)31-13(10(7)30-6(2)20)19-5-16-9-11(19)17-14(15)18-12(9)21;1-3-8-9(4-28-34(24,25)32-35(26,27)31-33(21,22)23)30-14(11(8)29-7(2)20)19-6-18-10-12(15)16-5-17-13(10)19/h5,7-8,10,13H,3-4H2,1-2H3,(H,25,26)(H,27,28)(H2,22,23,24)(H3,15,17,18,21);5-6,8-9,11,14H,3-4H2,1-2H3,(H,24,25)(H,26,27)(H2,15,16,17)(H2,21,22,23)/t7-,8-,10-,13-;8-,9-,11-,14-/m11/s1. The van der Waals surface area contributed by atoms with Crippen LogP contribution in [0.2, 0.25) is 0 Å². The number of hydrogen-bond acceptors (Lipinski definition) is 26. The van der Waals surface area contributed by atoms with E-state index in [0.29, 0.717) is 6.42 Å². The number of esters is 2. The van der Waals surface area contributed by atoms with Gasteiger partial charge >= 0.3 is 58.9 Å². The molecule has 43 heteroatoms. The summed E-state index contributed by atoms with van der Waals surface area (Å²) < 4.78 is 118. The molecule has 0 aliphatic carbocycles. The van der Waals surface area contributed by atoms with E-state index in [2.05, 4.69) is 51.7 Å². The summed E-state index contributed by atoms with van der Waals surface area (Å²) in [6.45, 7) is 4.21. The number of carbonyl (C=O) groups is 2. The number of nitrogens with two attached hydrogens (primary N) is 2. The molecule has 2 fully saturated rings. The first-order valence-corrected chi connectivity index (χ1v) is 28.6. The van der Waals surface area contributed by atoms with E-state index >= 15 is 0 Å². The third-order valence-electron chi connectivity index (χ3n) is 9.56. The van der Waals surface area contributed by atoms with E-state index in [4.69, 9.17) is 54.5 Å². The lowest BCUT2D eigenvalue weighted by Crippen LogP contribution is -2.32. The van der Waals surface area contributed by atoms with Crippen LogP contribution in [0.25, 0.3) is 22.3 Å². The van der Waals surface area contributed by atoms with Gasteiger partial charge in [0.15, 0.2) is 47.3 Å². The van der Waals surface area contributed by atoms with Gasteiger partial charge in [-0.2, -0.15) is 22.2 Å². The van der Waals surface area contributed by atoms with Gasteiger partial charge in [0.05, 0.1) is 38.1 Å². The van der Waals surface area contributed by atoms with Gasteiger partial charge in [0, 0.05) is 25.7 Å². The number of nitrogens with zero attached hydrogens (tertiary/aromatic N) is 7. The number of ether oxygens (including phenoxy) is 4. The van der Waals surface area contributed by atoms with Crippen LogP contribution in [0.1, 0.15) is 53.0 Å². The highest BCUT2D eigenvalue weighted by Gasteiger charge is 2.51. The lowest BCUT2D eigenvalue weighted by Gasteiger charge is -2.23. The van der Waals surface area contributed by atoms with Crippen molar-refractivity contribution in [2.75, 3.05) is 24.7 Å². The van der Waals surface area contributed by atoms with Crippen LogP contribution >= 0.6 is 46.9 Å². The predicted octanol–water partition coefficient (Wildman–Crippen LogP) is 0.508. The van der Waals surface area contributed by atoms with E-state index in [1.54, 1.807) is 13.8 Å². The molecule has 13 N–H and O–H groups in total. The molecule has 0 saturated carbocycles. The molecule has 2 saturated heterocycles. The van der Waals surface area contributed by atoms with Gasteiger partial charge in [-0.1, -0.05) is 13.8 Å². The van der Waals surface area contributed by atoms with Gasteiger partial charge in [-0.25, -0.2) is 47.3 Å². The molecule has 6 heterocycles. The van der Waals surface area contributed by atoms with Crippen molar-refractivity contribution in [3.63, 3.8) is 0 Å². The first-order chi connectivity index (χ1) is 32.6. The Labute approximate surface area is 396 Å². The lowest BCUT2D eigenvalue weighted by molar-refractivity contribution is -0.154. The number of H-pyrrole nitrogens is 1. The van der Waals surface area contributed by atoms with E-state index in [0.717, 1.165) is 6.92 Å². The topological polar surface area (TPSA) is 550 Å². The summed E-state index contributed by atoms with van der Waals surface area (Å²) in [5, 5.41) is 0. The normalized spacial score (nSPS) is 26.1. The van der Waals surface area contributed by atoms with Crippen LogP contribution in [0.4, 0.5) is 11.8 Å². The zero-order valence-electron chi connectivity index (χ0n) is 36.5. The fourth-order valence-corrected chi connectivity index (χ4v) is 13.2. The summed E-state index contributed by atoms with van der Waals surface area (Å²) in [6, 6.07) is 0. The van der Waals surface area contributed by atoms with Gasteiger partial charge in [0.1, 0.15) is 11.8 Å². The Hall–Kier alpha value is -3.82. The van der Waals surface area contributed by atoms with E-state index in [9.17, 15) is 61.3 Å². The number of hydrogen-bond donors (Lipinski definition) is 11. The number of imidazole rings is 2. The van der Waals surface area contributed by atoms with Gasteiger partial charge in [-0.15, -0.1) is 0 Å². The fraction of sp³-hybridized carbons (Fsp3) is 0.571. The summed E-state index contributed by atoms with van der Waals surface area (Å²) in [4.78, 5) is 131. The van der Waals surface area contributed by atoms with Crippen LogP contribution in [-0.2, 0) is 82.2 Å².